The molecule has 0 fully saturated rings. The van der Waals surface area contributed by atoms with Gasteiger partial charge in [-0.3, -0.25) is 0 Å². The summed E-state index contributed by atoms with van der Waals surface area (Å²) in [6.07, 6.45) is 4.09. The molecule has 88 valence electrons. The maximum Gasteiger partial charge on any atom is 0.00734 e. The summed E-state index contributed by atoms with van der Waals surface area (Å²) in [7, 11) is 0. The third-order valence-corrected chi connectivity index (χ3v) is 3.55. The highest BCUT2D eigenvalue weighted by Gasteiger charge is 2.06. The Morgan fingerprint density at radius 3 is 2.27 bits per heavy atom. The van der Waals surface area contributed by atoms with Gasteiger partial charge >= 0.3 is 0 Å². The van der Waals surface area contributed by atoms with Crippen molar-refractivity contribution in [1.29, 1.82) is 0 Å². The maximum absolute atomic E-state index is 2.34. The Labute approximate surface area is 99.7 Å². The van der Waals surface area contributed by atoms with Crippen LogP contribution in [0.25, 0.3) is 0 Å². The van der Waals surface area contributed by atoms with Crippen LogP contribution in [0.1, 0.15) is 64.7 Å². The van der Waals surface area contributed by atoms with Crippen LogP contribution in [0.5, 0.6) is 0 Å². The van der Waals surface area contributed by atoms with E-state index >= 15 is 0 Å². The lowest BCUT2D eigenvalue weighted by molar-refractivity contribution is 0.515. The smallest absolute Gasteiger partial charge is 0.00734 e. The van der Waals surface area contributed by atoms with Gasteiger partial charge in [-0.05, 0) is 29.7 Å². The minimum atomic E-state index is 0.763. The van der Waals surface area contributed by atoms with Crippen molar-refractivity contribution in [2.75, 3.05) is 0 Å². The normalized spacial score (nSPS) is 12.1. The Morgan fingerprint density at radius 1 is 1.13 bits per heavy atom. The predicted octanol–water partition coefficient (Wildman–Crippen LogP) is 5.70. The molecule has 0 aromatic carbocycles. The second-order valence-corrected chi connectivity index (χ2v) is 5.22. The molecule has 1 heteroatoms. The first-order chi connectivity index (χ1) is 7.20. The Kier molecular flexibility index (Phi) is 8.79. The van der Waals surface area contributed by atoms with E-state index in [0.29, 0.717) is 0 Å². The molecule has 0 spiro atoms. The molecular weight excluding hydrogens is 200 g/mol. The molecule has 0 saturated carbocycles. The number of rotatable bonds is 5. The molecule has 0 N–H and O–H groups in total. The first-order valence-electron chi connectivity index (χ1n) is 6.23. The summed E-state index contributed by atoms with van der Waals surface area (Å²) in [5.41, 5.74) is 0. The Morgan fingerprint density at radius 2 is 1.80 bits per heavy atom. The molecule has 1 atom stereocenters. The van der Waals surface area contributed by atoms with E-state index in [0.717, 1.165) is 11.8 Å². The quantitative estimate of drug-likeness (QED) is 0.604. The molecule has 0 amide bonds. The van der Waals surface area contributed by atoms with E-state index in [-0.39, 0.29) is 0 Å². The molecule has 1 unspecified atom stereocenters. The average molecular weight is 226 g/mol. The third kappa shape index (κ3) is 6.72. The molecule has 0 aliphatic carbocycles. The van der Waals surface area contributed by atoms with E-state index in [1.807, 2.05) is 25.2 Å². The molecule has 0 aliphatic heterocycles. The van der Waals surface area contributed by atoms with Crippen molar-refractivity contribution in [2.45, 2.75) is 59.8 Å². The molecule has 1 aromatic rings. The van der Waals surface area contributed by atoms with E-state index in [4.69, 9.17) is 0 Å². The summed E-state index contributed by atoms with van der Waals surface area (Å²) >= 11 is 1.89. The topological polar surface area (TPSA) is 0 Å². The molecule has 15 heavy (non-hydrogen) atoms. The van der Waals surface area contributed by atoms with E-state index in [1.165, 1.54) is 19.3 Å². The minimum Gasteiger partial charge on any atom is -0.149 e. The summed E-state index contributed by atoms with van der Waals surface area (Å²) in [5.74, 6) is 1.62. The van der Waals surface area contributed by atoms with Crippen LogP contribution >= 0.6 is 11.3 Å². The Hall–Kier alpha value is -0.300. The average Bonchev–Trinajstić information content (AvgIpc) is 2.73. The van der Waals surface area contributed by atoms with Crippen LogP contribution in [0.3, 0.4) is 0 Å². The van der Waals surface area contributed by atoms with Crippen LogP contribution in [0.2, 0.25) is 0 Å². The van der Waals surface area contributed by atoms with Crippen molar-refractivity contribution < 1.29 is 0 Å². The largest absolute Gasteiger partial charge is 0.149 e. The molecule has 1 heterocycles. The van der Waals surface area contributed by atoms with E-state index in [1.54, 1.807) is 4.88 Å². The highest BCUT2D eigenvalue weighted by molar-refractivity contribution is 7.10. The van der Waals surface area contributed by atoms with Gasteiger partial charge in [0, 0.05) is 4.88 Å². The zero-order valence-electron chi connectivity index (χ0n) is 10.9. The van der Waals surface area contributed by atoms with Crippen LogP contribution in [-0.2, 0) is 0 Å². The van der Waals surface area contributed by atoms with Gasteiger partial charge in [-0.15, -0.1) is 11.3 Å². The molecule has 1 aromatic heterocycles. The van der Waals surface area contributed by atoms with Gasteiger partial charge in [-0.1, -0.05) is 53.5 Å². The van der Waals surface area contributed by atoms with Crippen LogP contribution in [0.15, 0.2) is 17.5 Å². The Bertz CT molecular complexity index is 211. The summed E-state index contributed by atoms with van der Waals surface area (Å²) in [6.45, 7) is 10.9. The summed E-state index contributed by atoms with van der Waals surface area (Å²) in [5, 5.41) is 2.17. The van der Waals surface area contributed by atoms with Gasteiger partial charge in [0.05, 0.1) is 0 Å². The van der Waals surface area contributed by atoms with Crippen molar-refractivity contribution >= 4 is 11.3 Å². The van der Waals surface area contributed by atoms with E-state index in [2.05, 4.69) is 38.3 Å². The molecule has 0 radical (unpaired) electrons. The van der Waals surface area contributed by atoms with Crippen molar-refractivity contribution in [3.05, 3.63) is 22.4 Å². The predicted molar refractivity (Wildman–Crippen MR) is 72.8 cm³/mol. The van der Waals surface area contributed by atoms with Gasteiger partial charge in [0.25, 0.3) is 0 Å². The zero-order valence-corrected chi connectivity index (χ0v) is 11.7. The third-order valence-electron chi connectivity index (χ3n) is 2.45. The van der Waals surface area contributed by atoms with Crippen molar-refractivity contribution in [3.8, 4) is 0 Å². The number of hydrogen-bond acceptors (Lipinski definition) is 1. The lowest BCUT2D eigenvalue weighted by Crippen LogP contribution is -1.93. The minimum absolute atomic E-state index is 0.763. The summed E-state index contributed by atoms with van der Waals surface area (Å²) in [6, 6.07) is 4.41. The number of hydrogen-bond donors (Lipinski definition) is 0. The van der Waals surface area contributed by atoms with Gasteiger partial charge < -0.3 is 0 Å². The molecule has 0 aliphatic rings. The molecule has 0 nitrogen and oxygen atoms in total. The van der Waals surface area contributed by atoms with Crippen LogP contribution in [0, 0.1) is 5.92 Å². The van der Waals surface area contributed by atoms with Crippen molar-refractivity contribution in [1.82, 2.24) is 0 Å². The van der Waals surface area contributed by atoms with Gasteiger partial charge in [-0.2, -0.15) is 0 Å². The van der Waals surface area contributed by atoms with Gasteiger partial charge in [0.1, 0.15) is 0 Å². The fraction of sp³-hybridized carbons (Fsp3) is 0.714. The fourth-order valence-electron chi connectivity index (χ4n) is 1.55. The first kappa shape index (κ1) is 14.7. The SMILES string of the molecule is CC.CC(C)CCCC(C)c1cccs1. The van der Waals surface area contributed by atoms with E-state index in [9.17, 15) is 0 Å². The highest BCUT2D eigenvalue weighted by atomic mass is 32.1. The molecule has 1 rings (SSSR count). The highest BCUT2D eigenvalue weighted by Crippen LogP contribution is 2.26. The van der Waals surface area contributed by atoms with Crippen LogP contribution < -0.4 is 0 Å². The second-order valence-electron chi connectivity index (χ2n) is 4.24. The fourth-order valence-corrected chi connectivity index (χ4v) is 2.37. The van der Waals surface area contributed by atoms with Crippen molar-refractivity contribution in [2.24, 2.45) is 5.92 Å². The van der Waals surface area contributed by atoms with Crippen LogP contribution in [0.4, 0.5) is 0 Å². The number of thiophene rings is 1. The first-order valence-corrected chi connectivity index (χ1v) is 7.11. The standard InChI is InChI=1S/C12H20S.C2H6/c1-10(2)6-4-7-11(3)12-8-5-9-13-12;1-2/h5,8-11H,4,6-7H2,1-3H3;1-2H3. The van der Waals surface area contributed by atoms with Crippen molar-refractivity contribution in [3.63, 3.8) is 0 Å². The van der Waals surface area contributed by atoms with Gasteiger partial charge in [-0.25, -0.2) is 0 Å². The van der Waals surface area contributed by atoms with E-state index < -0.39 is 0 Å². The lowest BCUT2D eigenvalue weighted by Gasteiger charge is -2.09. The molecule has 0 bridgehead atoms. The summed E-state index contributed by atoms with van der Waals surface area (Å²) < 4.78 is 0. The maximum atomic E-state index is 2.34. The van der Waals surface area contributed by atoms with Crippen LogP contribution in [-0.4, -0.2) is 0 Å². The molecular formula is C14H26S. The Balaban J connectivity index is 0.000000921. The summed E-state index contributed by atoms with van der Waals surface area (Å²) in [4.78, 5) is 1.55. The monoisotopic (exact) mass is 226 g/mol. The second kappa shape index (κ2) is 8.96. The van der Waals surface area contributed by atoms with Gasteiger partial charge in [0.15, 0.2) is 0 Å². The van der Waals surface area contributed by atoms with Gasteiger partial charge in [0.2, 0.25) is 0 Å². The zero-order chi connectivity index (χ0) is 11.7. The lowest BCUT2D eigenvalue weighted by atomic mass is 9.99. The molecule has 0 saturated heterocycles.